The maximum absolute atomic E-state index is 14.1. The number of methoxy groups -OCH3 is 1. The third-order valence-electron chi connectivity index (χ3n) is 8.02. The van der Waals surface area contributed by atoms with Gasteiger partial charge in [0.1, 0.15) is 11.8 Å². The second kappa shape index (κ2) is 16.5. The first-order chi connectivity index (χ1) is 22.9. The molecular weight excluding hydrogens is 624 g/mol. The lowest BCUT2D eigenvalue weighted by atomic mass is 10.1. The molecule has 1 saturated heterocycles. The van der Waals surface area contributed by atoms with Crippen molar-refractivity contribution in [2.75, 3.05) is 38.3 Å². The lowest BCUT2D eigenvalue weighted by Gasteiger charge is -2.38. The van der Waals surface area contributed by atoms with Gasteiger partial charge in [0.15, 0.2) is 0 Å². The van der Waals surface area contributed by atoms with Gasteiger partial charge >= 0.3 is 6.01 Å². The number of carbonyl (C=O) groups is 3. The normalized spacial score (nSPS) is 16.1. The zero-order valence-corrected chi connectivity index (χ0v) is 27.5. The van der Waals surface area contributed by atoms with Gasteiger partial charge in [-0.25, -0.2) is 9.97 Å². The summed E-state index contributed by atoms with van der Waals surface area (Å²) >= 11 is 6.56. The van der Waals surface area contributed by atoms with Crippen molar-refractivity contribution in [2.45, 2.75) is 64.4 Å². The third-order valence-corrected chi connectivity index (χ3v) is 8.39. The molecule has 5 rings (SSSR count). The van der Waals surface area contributed by atoms with Crippen LogP contribution in [-0.2, 0) is 38.8 Å². The van der Waals surface area contributed by atoms with E-state index >= 15 is 0 Å². The molecule has 1 aliphatic heterocycles. The first kappa shape index (κ1) is 34.1. The zero-order valence-electron chi connectivity index (χ0n) is 26.7. The minimum absolute atomic E-state index is 0.0415. The molecule has 47 heavy (non-hydrogen) atoms. The number of rotatable bonds is 16. The van der Waals surface area contributed by atoms with E-state index < -0.39 is 6.04 Å². The monoisotopic (exact) mass is 664 g/mol. The van der Waals surface area contributed by atoms with Crippen LogP contribution in [-0.4, -0.2) is 78.1 Å². The van der Waals surface area contributed by atoms with Crippen LogP contribution in [0, 0.1) is 0 Å². The van der Waals surface area contributed by atoms with Gasteiger partial charge in [-0.05, 0) is 36.1 Å². The van der Waals surface area contributed by atoms with Crippen molar-refractivity contribution in [1.29, 1.82) is 0 Å². The summed E-state index contributed by atoms with van der Waals surface area (Å²) in [5, 5.41) is 6.49. The highest BCUT2D eigenvalue weighted by Gasteiger charge is 2.41. The number of hydrogen-bond acceptors (Lipinski definition) is 9. The van der Waals surface area contributed by atoms with E-state index in [1.165, 1.54) is 17.3 Å². The number of piperazine rings is 1. The van der Waals surface area contributed by atoms with Crippen LogP contribution in [0.15, 0.2) is 54.9 Å². The number of halogens is 1. The fourth-order valence-corrected chi connectivity index (χ4v) is 5.54. The molecule has 1 saturated carbocycles. The molecule has 3 aromatic rings. The summed E-state index contributed by atoms with van der Waals surface area (Å²) in [5.74, 6) is 0.318. The van der Waals surface area contributed by atoms with Crippen molar-refractivity contribution in [1.82, 2.24) is 25.5 Å². The fraction of sp³-hybridized carbons (Fsp3) is 0.441. The van der Waals surface area contributed by atoms with Crippen LogP contribution in [0.2, 0.25) is 5.02 Å². The molecule has 0 spiro atoms. The van der Waals surface area contributed by atoms with Gasteiger partial charge in [-0.15, -0.1) is 0 Å². The van der Waals surface area contributed by atoms with Gasteiger partial charge in [0.25, 0.3) is 0 Å². The molecule has 0 radical (unpaired) electrons. The number of nitrogens with one attached hydrogen (secondary N) is 2. The van der Waals surface area contributed by atoms with Crippen molar-refractivity contribution in [2.24, 2.45) is 0 Å². The van der Waals surface area contributed by atoms with Crippen molar-refractivity contribution in [3.05, 3.63) is 76.6 Å². The first-order valence-electron chi connectivity index (χ1n) is 15.9. The molecule has 3 amide bonds. The van der Waals surface area contributed by atoms with E-state index in [1.54, 1.807) is 20.1 Å². The van der Waals surface area contributed by atoms with Crippen LogP contribution >= 0.6 is 11.6 Å². The van der Waals surface area contributed by atoms with Crippen molar-refractivity contribution < 1.29 is 28.6 Å². The number of anilines is 1. The number of aromatic nitrogens is 2. The molecule has 250 valence electrons. The molecule has 2 fully saturated rings. The van der Waals surface area contributed by atoms with Gasteiger partial charge in [-0.3, -0.25) is 19.3 Å². The van der Waals surface area contributed by atoms with E-state index in [9.17, 15) is 14.4 Å². The van der Waals surface area contributed by atoms with E-state index in [0.717, 1.165) is 35.3 Å². The summed E-state index contributed by atoms with van der Waals surface area (Å²) in [6, 6.07) is 12.7. The summed E-state index contributed by atoms with van der Waals surface area (Å²) in [6.45, 7) is 4.12. The van der Waals surface area contributed by atoms with Crippen molar-refractivity contribution in [3.63, 3.8) is 0 Å². The maximum atomic E-state index is 14.1. The molecular formula is C34H41ClN6O6. The molecule has 1 aliphatic carbocycles. The van der Waals surface area contributed by atoms with Gasteiger partial charge in [-0.1, -0.05) is 48.9 Å². The van der Waals surface area contributed by atoms with E-state index in [-0.39, 0.29) is 42.9 Å². The van der Waals surface area contributed by atoms with Crippen LogP contribution < -0.4 is 25.0 Å². The number of nitrogens with zero attached hydrogens (tertiary/aromatic N) is 4. The van der Waals surface area contributed by atoms with E-state index in [1.807, 2.05) is 41.3 Å². The summed E-state index contributed by atoms with van der Waals surface area (Å²) in [6.07, 6.45) is 5.81. The zero-order chi connectivity index (χ0) is 33.2. The number of hydrogen-bond donors (Lipinski definition) is 2. The Balaban J connectivity index is 1.18. The van der Waals surface area contributed by atoms with Crippen LogP contribution in [0.4, 0.5) is 5.69 Å². The molecule has 2 aliphatic rings. The van der Waals surface area contributed by atoms with Crippen LogP contribution in [0.5, 0.6) is 11.8 Å². The van der Waals surface area contributed by atoms with E-state index in [4.69, 9.17) is 25.8 Å². The predicted molar refractivity (Wildman–Crippen MR) is 176 cm³/mol. The van der Waals surface area contributed by atoms with Crippen molar-refractivity contribution >= 4 is 35.0 Å². The largest absolute Gasteiger partial charge is 0.496 e. The Morgan fingerprint density at radius 3 is 2.64 bits per heavy atom. The minimum atomic E-state index is -0.779. The van der Waals surface area contributed by atoms with Crippen molar-refractivity contribution in [3.8, 4) is 11.8 Å². The van der Waals surface area contributed by atoms with E-state index in [0.29, 0.717) is 56.5 Å². The summed E-state index contributed by atoms with van der Waals surface area (Å²) < 4.78 is 16.8. The molecule has 1 atom stereocenters. The lowest BCUT2D eigenvalue weighted by molar-refractivity contribution is -0.136. The molecule has 2 heterocycles. The highest BCUT2D eigenvalue weighted by molar-refractivity contribution is 6.31. The average Bonchev–Trinajstić information content (AvgIpc) is 3.94. The Morgan fingerprint density at radius 2 is 1.89 bits per heavy atom. The Bertz CT molecular complexity index is 1540. The van der Waals surface area contributed by atoms with Crippen LogP contribution in [0.3, 0.4) is 0 Å². The number of amides is 3. The molecule has 2 aromatic carbocycles. The van der Waals surface area contributed by atoms with Gasteiger partial charge in [-0.2, -0.15) is 0 Å². The van der Waals surface area contributed by atoms with Gasteiger partial charge in [0, 0.05) is 49.1 Å². The Morgan fingerprint density at radius 1 is 1.11 bits per heavy atom. The SMILES string of the molecule is CCC(=O)NCc1ccc(Cl)c(CN(C(=O)[C@H]2CNCC(=O)N2c2cnc(OCCCOCc3ccccc3OC)nc2)C2CC2)c1. The Labute approximate surface area is 279 Å². The Hall–Kier alpha value is -4.26. The van der Waals surface area contributed by atoms with Crippen LogP contribution in [0.25, 0.3) is 0 Å². The van der Waals surface area contributed by atoms with Gasteiger partial charge in [0.2, 0.25) is 17.7 Å². The standard InChI is InChI=1S/C34H41ClN6O6/c1-3-31(42)37-16-23-9-12-28(35)25(15-23)21-40(26-10-11-26)33(44)29-19-36-20-32(43)41(29)27-17-38-34(39-18-27)47-14-6-13-46-22-24-7-4-5-8-30(24)45-2/h4-5,7-9,12,15,17-18,26,29,36H,3,6,10-11,13-14,16,19-22H2,1-2H3,(H,37,42)/t29-/m1/s1. The molecule has 2 N–H and O–H groups in total. The highest BCUT2D eigenvalue weighted by atomic mass is 35.5. The number of ether oxygens (including phenoxy) is 3. The van der Waals surface area contributed by atoms with E-state index in [2.05, 4.69) is 20.6 Å². The van der Waals surface area contributed by atoms with Gasteiger partial charge < -0.3 is 29.7 Å². The quantitative estimate of drug-likeness (QED) is 0.220. The smallest absolute Gasteiger partial charge is 0.316 e. The van der Waals surface area contributed by atoms with Crippen LogP contribution in [0.1, 0.15) is 49.3 Å². The number of benzene rings is 2. The molecule has 0 bridgehead atoms. The topological polar surface area (TPSA) is 135 Å². The lowest BCUT2D eigenvalue weighted by Crippen LogP contribution is -2.61. The second-order valence-electron chi connectivity index (χ2n) is 11.5. The summed E-state index contributed by atoms with van der Waals surface area (Å²) in [5.41, 5.74) is 3.07. The maximum Gasteiger partial charge on any atom is 0.316 e. The highest BCUT2D eigenvalue weighted by Crippen LogP contribution is 2.32. The fourth-order valence-electron chi connectivity index (χ4n) is 5.36. The Kier molecular flexibility index (Phi) is 12.0. The minimum Gasteiger partial charge on any atom is -0.496 e. The average molecular weight is 665 g/mol. The molecule has 0 unspecified atom stereocenters. The first-order valence-corrected chi connectivity index (χ1v) is 16.3. The second-order valence-corrected chi connectivity index (χ2v) is 11.9. The third kappa shape index (κ3) is 9.18. The summed E-state index contributed by atoms with van der Waals surface area (Å²) in [7, 11) is 1.63. The molecule has 1 aromatic heterocycles. The number of para-hydroxylation sites is 1. The summed E-state index contributed by atoms with van der Waals surface area (Å²) in [4.78, 5) is 50.9. The number of carbonyl (C=O) groups excluding carboxylic acids is 3. The molecule has 13 heteroatoms. The molecule has 12 nitrogen and oxygen atoms in total. The predicted octanol–water partition coefficient (Wildman–Crippen LogP) is 3.65. The van der Waals surface area contributed by atoms with Gasteiger partial charge in [0.05, 0.1) is 51.6 Å².